The summed E-state index contributed by atoms with van der Waals surface area (Å²) in [4.78, 5) is 27.4. The van der Waals surface area contributed by atoms with Crippen LogP contribution in [0.25, 0.3) is 5.69 Å². The van der Waals surface area contributed by atoms with E-state index < -0.39 is 30.2 Å². The number of halogens is 5. The van der Waals surface area contributed by atoms with Gasteiger partial charge in [0, 0.05) is 24.7 Å². The zero-order chi connectivity index (χ0) is 32.1. The second-order valence-electron chi connectivity index (χ2n) is 11.3. The largest absolute Gasteiger partial charge is 0.586 e. The van der Waals surface area contributed by atoms with E-state index in [-0.39, 0.29) is 58.4 Å². The van der Waals surface area contributed by atoms with Crippen molar-refractivity contribution in [1.82, 2.24) is 14.7 Å². The summed E-state index contributed by atoms with van der Waals surface area (Å²) in [6, 6.07) is 10.5. The van der Waals surface area contributed by atoms with Crippen LogP contribution in [0.15, 0.2) is 42.5 Å². The first-order chi connectivity index (χ1) is 21.3. The van der Waals surface area contributed by atoms with Crippen LogP contribution >= 0.6 is 0 Å². The molecule has 2 atom stereocenters. The highest BCUT2D eigenvalue weighted by Gasteiger charge is 2.45. The Labute approximate surface area is 254 Å². The van der Waals surface area contributed by atoms with Gasteiger partial charge in [-0.3, -0.25) is 9.59 Å². The second-order valence-corrected chi connectivity index (χ2v) is 11.3. The van der Waals surface area contributed by atoms with Crippen molar-refractivity contribution in [3.05, 3.63) is 65.0 Å². The third-order valence-corrected chi connectivity index (χ3v) is 8.45. The number of esters is 1. The number of hydrogen-bond acceptors (Lipinski definition) is 7. The van der Waals surface area contributed by atoms with Crippen LogP contribution in [-0.4, -0.2) is 53.1 Å². The minimum atomic E-state index is -4.74. The summed E-state index contributed by atoms with van der Waals surface area (Å²) in [7, 11) is 1.31. The van der Waals surface area contributed by atoms with Crippen molar-refractivity contribution in [2.24, 2.45) is 5.92 Å². The Morgan fingerprint density at radius 2 is 1.78 bits per heavy atom. The van der Waals surface area contributed by atoms with Crippen LogP contribution in [0.1, 0.15) is 67.1 Å². The van der Waals surface area contributed by atoms with Crippen molar-refractivity contribution in [3.63, 3.8) is 0 Å². The summed E-state index contributed by atoms with van der Waals surface area (Å²) in [5, 5.41) is 3.99. The molecular weight excluding hydrogens is 605 g/mol. The van der Waals surface area contributed by atoms with Crippen molar-refractivity contribution >= 4 is 11.9 Å². The summed E-state index contributed by atoms with van der Waals surface area (Å²) >= 11 is 0. The topological polar surface area (TPSA) is 92.1 Å². The highest BCUT2D eigenvalue weighted by atomic mass is 19.4. The van der Waals surface area contributed by atoms with Gasteiger partial charge >= 0.3 is 18.4 Å². The van der Waals surface area contributed by atoms with Gasteiger partial charge in [-0.1, -0.05) is 12.1 Å². The monoisotopic (exact) mass is 635 g/mol. The number of alkyl halides is 5. The number of aromatic nitrogens is 2. The van der Waals surface area contributed by atoms with Gasteiger partial charge in [0.15, 0.2) is 17.2 Å². The lowest BCUT2D eigenvalue weighted by Gasteiger charge is -2.34. The van der Waals surface area contributed by atoms with Crippen molar-refractivity contribution in [1.29, 1.82) is 0 Å². The number of amides is 1. The number of ether oxygens (including phenoxy) is 4. The number of benzene rings is 2. The molecule has 14 heteroatoms. The molecule has 1 amide bonds. The number of nitrogens with zero attached hydrogens (tertiary/aromatic N) is 3. The summed E-state index contributed by atoms with van der Waals surface area (Å²) in [6.45, 7) is 2.27. The number of hydrogen-bond donors (Lipinski definition) is 0. The van der Waals surface area contributed by atoms with E-state index in [1.807, 2.05) is 0 Å². The van der Waals surface area contributed by atoms with Crippen LogP contribution in [0.3, 0.4) is 0 Å². The zero-order valence-electron chi connectivity index (χ0n) is 24.4. The first-order valence-electron chi connectivity index (χ1n) is 14.6. The van der Waals surface area contributed by atoms with Gasteiger partial charge in [0.2, 0.25) is 5.91 Å². The maximum Gasteiger partial charge on any atom is 0.586 e. The molecule has 45 heavy (non-hydrogen) atoms. The summed E-state index contributed by atoms with van der Waals surface area (Å²) in [5.74, 6) is -1.80. The standard InChI is InChI=1S/C31H30F5N3O6/c1-17(19-9-10-24-25(15-19)45-31(35,36)44-24)43-21-6-3-5-20(16-21)39-26-22(27(37-39)30(32,33)34)7-4-8-23(26)28(40)38-13-11-18(12-14-38)29(41)42-2/h3,5-6,9-10,15-18,23H,4,7-8,11-14H2,1-2H3/t17-,23-/m0/s1. The number of likely N-dealkylation sites (tertiary alicyclic amines) is 1. The molecule has 2 aliphatic heterocycles. The van der Waals surface area contributed by atoms with Crippen LogP contribution in [-0.2, 0) is 26.9 Å². The van der Waals surface area contributed by atoms with E-state index in [4.69, 9.17) is 9.47 Å². The molecule has 0 spiro atoms. The van der Waals surface area contributed by atoms with Crippen LogP contribution in [0.2, 0.25) is 0 Å². The van der Waals surface area contributed by atoms with Crippen molar-refractivity contribution < 1.29 is 50.5 Å². The van der Waals surface area contributed by atoms with Gasteiger partial charge < -0.3 is 23.8 Å². The number of fused-ring (bicyclic) bond motifs is 2. The van der Waals surface area contributed by atoms with Gasteiger partial charge in [-0.15, -0.1) is 8.78 Å². The van der Waals surface area contributed by atoms with Gasteiger partial charge in [0.1, 0.15) is 11.9 Å². The number of rotatable bonds is 6. The second kappa shape index (κ2) is 11.5. The molecule has 1 fully saturated rings. The predicted molar refractivity (Wildman–Crippen MR) is 147 cm³/mol. The fourth-order valence-electron chi connectivity index (χ4n) is 6.25. The Bertz CT molecular complexity index is 1620. The molecule has 0 N–H and O–H groups in total. The van der Waals surface area contributed by atoms with Crippen LogP contribution in [0.4, 0.5) is 22.0 Å². The van der Waals surface area contributed by atoms with Crippen molar-refractivity contribution in [3.8, 4) is 22.9 Å². The predicted octanol–water partition coefficient (Wildman–Crippen LogP) is 6.18. The lowest BCUT2D eigenvalue weighted by Crippen LogP contribution is -2.43. The normalized spacial score (nSPS) is 20.0. The zero-order valence-corrected chi connectivity index (χ0v) is 24.4. The summed E-state index contributed by atoms with van der Waals surface area (Å²) < 4.78 is 90.6. The third-order valence-electron chi connectivity index (χ3n) is 8.45. The summed E-state index contributed by atoms with van der Waals surface area (Å²) in [6.07, 6.45) is -7.49. The number of carbonyl (C=O) groups is 2. The van der Waals surface area contributed by atoms with E-state index in [0.717, 1.165) is 0 Å². The molecule has 0 saturated carbocycles. The number of methoxy groups -OCH3 is 1. The first kappa shape index (κ1) is 30.7. The quantitative estimate of drug-likeness (QED) is 0.236. The highest BCUT2D eigenvalue weighted by molar-refractivity contribution is 5.85. The Balaban J connectivity index is 1.29. The fraction of sp³-hybridized carbons (Fsp3) is 0.452. The Morgan fingerprint density at radius 3 is 2.49 bits per heavy atom. The molecule has 0 bridgehead atoms. The molecule has 1 aliphatic carbocycles. The van der Waals surface area contributed by atoms with E-state index in [1.54, 1.807) is 36.1 Å². The minimum absolute atomic E-state index is 0.00611. The van der Waals surface area contributed by atoms with Crippen molar-refractivity contribution in [2.45, 2.75) is 63.5 Å². The molecule has 1 saturated heterocycles. The van der Waals surface area contributed by atoms with E-state index >= 15 is 0 Å². The van der Waals surface area contributed by atoms with Crippen LogP contribution < -0.4 is 14.2 Å². The molecule has 3 heterocycles. The lowest BCUT2D eigenvalue weighted by atomic mass is 9.84. The van der Waals surface area contributed by atoms with E-state index in [1.165, 1.54) is 30.0 Å². The van der Waals surface area contributed by atoms with Gasteiger partial charge in [-0.05, 0) is 68.9 Å². The fourth-order valence-corrected chi connectivity index (χ4v) is 6.25. The van der Waals surface area contributed by atoms with Crippen LogP contribution in [0, 0.1) is 5.92 Å². The molecule has 2 aromatic carbocycles. The van der Waals surface area contributed by atoms with Crippen molar-refractivity contribution in [2.75, 3.05) is 20.2 Å². The molecule has 240 valence electrons. The average molecular weight is 636 g/mol. The van der Waals surface area contributed by atoms with E-state index in [2.05, 4.69) is 14.6 Å². The van der Waals surface area contributed by atoms with Gasteiger partial charge in [0.25, 0.3) is 0 Å². The molecule has 0 radical (unpaired) electrons. The molecule has 1 aromatic heterocycles. The Kier molecular flexibility index (Phi) is 7.86. The summed E-state index contributed by atoms with van der Waals surface area (Å²) in [5.41, 5.74) is -0.0843. The van der Waals surface area contributed by atoms with Crippen LogP contribution in [0.5, 0.6) is 17.2 Å². The van der Waals surface area contributed by atoms with Gasteiger partial charge in [-0.2, -0.15) is 18.3 Å². The van der Waals surface area contributed by atoms with Gasteiger partial charge in [0.05, 0.1) is 30.3 Å². The Hall–Kier alpha value is -4.36. The molecule has 0 unspecified atom stereocenters. The Morgan fingerprint density at radius 1 is 1.04 bits per heavy atom. The minimum Gasteiger partial charge on any atom is -0.486 e. The third kappa shape index (κ3) is 6.01. The van der Waals surface area contributed by atoms with E-state index in [0.29, 0.717) is 44.3 Å². The molecule has 3 aromatic rings. The SMILES string of the molecule is COC(=O)C1CCN(C(=O)[C@H]2CCCc3c(C(F)(F)F)nn(-c4cccc(O[C@@H](C)c5ccc6c(c5)OC(F)(F)O6)c4)c32)CC1. The number of carbonyl (C=O) groups excluding carboxylic acids is 2. The first-order valence-corrected chi connectivity index (χ1v) is 14.6. The molecule has 6 rings (SSSR count). The smallest absolute Gasteiger partial charge is 0.486 e. The number of piperidine rings is 1. The molecular formula is C31H30F5N3O6. The average Bonchev–Trinajstić information content (AvgIpc) is 3.56. The van der Waals surface area contributed by atoms with Gasteiger partial charge in [-0.25, -0.2) is 4.68 Å². The van der Waals surface area contributed by atoms with E-state index in [9.17, 15) is 31.5 Å². The molecule has 9 nitrogen and oxygen atoms in total. The lowest BCUT2D eigenvalue weighted by molar-refractivity contribution is -0.286. The molecule has 3 aliphatic rings. The maximum absolute atomic E-state index is 14.2. The highest BCUT2D eigenvalue weighted by Crippen LogP contribution is 2.44. The maximum atomic E-state index is 14.2.